The lowest BCUT2D eigenvalue weighted by atomic mass is 9.79. The van der Waals surface area contributed by atoms with Crippen molar-refractivity contribution in [1.82, 2.24) is 0 Å². The van der Waals surface area contributed by atoms with Crippen molar-refractivity contribution in [2.45, 2.75) is 0 Å². The van der Waals surface area contributed by atoms with Crippen molar-refractivity contribution in [3.8, 4) is 44.5 Å². The van der Waals surface area contributed by atoms with Crippen molar-refractivity contribution in [3.63, 3.8) is 0 Å². The molecule has 216 valence electrons. The van der Waals surface area contributed by atoms with Crippen molar-refractivity contribution in [3.05, 3.63) is 182 Å². The van der Waals surface area contributed by atoms with Crippen molar-refractivity contribution in [2.75, 3.05) is 0 Å². The third-order valence-electron chi connectivity index (χ3n) is 9.20. The Balaban J connectivity index is 1.54. The molecule has 0 atom stereocenters. The van der Waals surface area contributed by atoms with Crippen LogP contribution in [-0.2, 0) is 0 Å². The van der Waals surface area contributed by atoms with E-state index in [1.807, 2.05) is 12.2 Å². The average Bonchev–Trinajstić information content (AvgIpc) is 3.13. The lowest BCUT2D eigenvalue weighted by Crippen LogP contribution is -1.99. The van der Waals surface area contributed by atoms with Gasteiger partial charge in [-0.3, -0.25) is 0 Å². The van der Waals surface area contributed by atoms with E-state index in [1.54, 1.807) is 0 Å². The van der Waals surface area contributed by atoms with Crippen LogP contribution in [0.15, 0.2) is 171 Å². The highest BCUT2D eigenvalue weighted by atomic mass is 14.3. The Morgan fingerprint density at radius 1 is 0.326 bits per heavy atom. The molecule has 0 fully saturated rings. The Kier molecular flexibility index (Phi) is 6.89. The summed E-state index contributed by atoms with van der Waals surface area (Å²) < 4.78 is 0. The Morgan fingerprint density at radius 2 is 0.783 bits per heavy atom. The zero-order valence-electron chi connectivity index (χ0n) is 25.6. The van der Waals surface area contributed by atoms with E-state index in [-0.39, 0.29) is 0 Å². The van der Waals surface area contributed by atoms with Crippen molar-refractivity contribution in [1.29, 1.82) is 0 Å². The highest BCUT2D eigenvalue weighted by molar-refractivity contribution is 6.17. The molecule has 0 radical (unpaired) electrons. The molecule has 0 saturated carbocycles. The second-order valence-electron chi connectivity index (χ2n) is 11.7. The van der Waals surface area contributed by atoms with E-state index < -0.39 is 0 Å². The minimum atomic E-state index is 1.09. The van der Waals surface area contributed by atoms with Gasteiger partial charge in [-0.15, -0.1) is 0 Å². The molecule has 0 nitrogen and oxygen atoms in total. The molecule has 0 spiro atoms. The van der Waals surface area contributed by atoms with E-state index in [4.69, 9.17) is 0 Å². The van der Waals surface area contributed by atoms with E-state index in [0.29, 0.717) is 0 Å². The van der Waals surface area contributed by atoms with E-state index in [9.17, 15) is 0 Å². The van der Waals surface area contributed by atoms with Crippen LogP contribution in [-0.4, -0.2) is 0 Å². The molecule has 0 aromatic heterocycles. The zero-order chi connectivity index (χ0) is 31.0. The second-order valence-corrected chi connectivity index (χ2v) is 11.7. The van der Waals surface area contributed by atoms with Crippen LogP contribution in [0.2, 0.25) is 0 Å². The molecule has 0 heterocycles. The Hall–Kier alpha value is -5.98. The molecule has 8 rings (SSSR count). The van der Waals surface area contributed by atoms with Crippen LogP contribution in [0.3, 0.4) is 0 Å². The van der Waals surface area contributed by atoms with Gasteiger partial charge in [-0.25, -0.2) is 0 Å². The maximum atomic E-state index is 4.41. The maximum absolute atomic E-state index is 4.41. The largest absolute Gasteiger partial charge is 0.0984 e. The van der Waals surface area contributed by atoms with Crippen LogP contribution in [0.5, 0.6) is 0 Å². The van der Waals surface area contributed by atoms with E-state index >= 15 is 0 Å². The normalized spacial score (nSPS) is 11.2. The first-order valence-corrected chi connectivity index (χ1v) is 15.8. The molecule has 8 aromatic rings. The van der Waals surface area contributed by atoms with Crippen LogP contribution in [0.4, 0.5) is 0 Å². The minimum Gasteiger partial charge on any atom is -0.0984 e. The number of rotatable bonds is 6. The summed E-state index contributed by atoms with van der Waals surface area (Å²) in [6.45, 7) is 8.83. The van der Waals surface area contributed by atoms with Gasteiger partial charge in [0.15, 0.2) is 0 Å². The van der Waals surface area contributed by atoms with Crippen molar-refractivity contribution in [2.24, 2.45) is 0 Å². The van der Waals surface area contributed by atoms with Gasteiger partial charge in [0.2, 0.25) is 0 Å². The molecule has 0 saturated heterocycles. The monoisotopic (exact) mass is 584 g/mol. The van der Waals surface area contributed by atoms with Gasteiger partial charge in [0.25, 0.3) is 0 Å². The molecule has 46 heavy (non-hydrogen) atoms. The minimum absolute atomic E-state index is 1.09. The number of hydrogen-bond acceptors (Lipinski definition) is 0. The fourth-order valence-corrected chi connectivity index (χ4v) is 7.18. The standard InChI is InChI=1S/C46H32/c1-3-36-37(4-2)46(43-30-35-23-12-11-22-34(35)29-42(43)31-17-7-5-8-18-31)40-26-16-15-25-39(40)45(36)41-28-27-32-19-13-14-24-38(32)44(41)33-20-9-6-10-21-33/h3-30H,1-2H2. The number of hydrogen-bond donors (Lipinski definition) is 0. The first-order valence-electron chi connectivity index (χ1n) is 15.8. The van der Waals surface area contributed by atoms with E-state index in [2.05, 4.69) is 171 Å². The molecule has 0 aliphatic rings. The average molecular weight is 585 g/mol. The Morgan fingerprint density at radius 3 is 1.37 bits per heavy atom. The number of benzene rings is 8. The first kappa shape index (κ1) is 27.6. The van der Waals surface area contributed by atoms with Gasteiger partial charge in [0.1, 0.15) is 0 Å². The van der Waals surface area contributed by atoms with Crippen LogP contribution in [0, 0.1) is 0 Å². The fourth-order valence-electron chi connectivity index (χ4n) is 7.18. The Labute approximate surface area is 270 Å². The molecular weight excluding hydrogens is 553 g/mol. The molecule has 0 bridgehead atoms. The summed E-state index contributed by atoms with van der Waals surface area (Å²) in [4.78, 5) is 0. The van der Waals surface area contributed by atoms with Gasteiger partial charge in [0, 0.05) is 0 Å². The Bertz CT molecular complexity index is 2370. The van der Waals surface area contributed by atoms with E-state index in [0.717, 1.165) is 11.1 Å². The summed E-state index contributed by atoms with van der Waals surface area (Å²) in [6, 6.07) is 56.8. The van der Waals surface area contributed by atoms with Crippen LogP contribution in [0.1, 0.15) is 11.1 Å². The molecular formula is C46H32. The van der Waals surface area contributed by atoms with Gasteiger partial charge >= 0.3 is 0 Å². The zero-order valence-corrected chi connectivity index (χ0v) is 25.6. The summed E-state index contributed by atoms with van der Waals surface area (Å²) in [6.07, 6.45) is 4.05. The molecule has 0 amide bonds. The molecule has 0 N–H and O–H groups in total. The highest BCUT2D eigenvalue weighted by Gasteiger charge is 2.23. The quantitative estimate of drug-likeness (QED) is 0.182. The summed E-state index contributed by atoms with van der Waals surface area (Å²) in [5.41, 5.74) is 11.7. The lowest BCUT2D eigenvalue weighted by molar-refractivity contribution is 1.58. The molecule has 0 aliphatic heterocycles. The number of fused-ring (bicyclic) bond motifs is 3. The lowest BCUT2D eigenvalue weighted by Gasteiger charge is -2.24. The summed E-state index contributed by atoms with van der Waals surface area (Å²) in [5.74, 6) is 0. The predicted octanol–water partition coefficient (Wildman–Crippen LogP) is 13.1. The summed E-state index contributed by atoms with van der Waals surface area (Å²) in [7, 11) is 0. The third kappa shape index (κ3) is 4.47. The van der Waals surface area contributed by atoms with E-state index in [1.165, 1.54) is 76.8 Å². The van der Waals surface area contributed by atoms with Gasteiger partial charge < -0.3 is 0 Å². The predicted molar refractivity (Wildman–Crippen MR) is 201 cm³/mol. The molecule has 0 heteroatoms. The molecule has 0 aliphatic carbocycles. The summed E-state index contributed by atoms with van der Waals surface area (Å²) >= 11 is 0. The topological polar surface area (TPSA) is 0 Å². The fraction of sp³-hybridized carbons (Fsp3) is 0. The van der Waals surface area contributed by atoms with Gasteiger partial charge in [0.05, 0.1) is 0 Å². The molecule has 0 unspecified atom stereocenters. The second kappa shape index (κ2) is 11.5. The first-order chi connectivity index (χ1) is 22.8. The third-order valence-corrected chi connectivity index (χ3v) is 9.20. The van der Waals surface area contributed by atoms with Crippen LogP contribution in [0.25, 0.3) is 89.0 Å². The summed E-state index contributed by atoms with van der Waals surface area (Å²) in [5, 5.41) is 7.27. The van der Waals surface area contributed by atoms with Gasteiger partial charge in [-0.2, -0.15) is 0 Å². The smallest absolute Gasteiger partial charge is 0.00201 e. The van der Waals surface area contributed by atoms with Gasteiger partial charge in [-0.1, -0.05) is 171 Å². The molecule has 8 aromatic carbocycles. The SMILES string of the molecule is C=Cc1c(C=C)c(-c2ccc3ccccc3c2-c2ccccc2)c2ccccc2c1-c1cc2ccccc2cc1-c1ccccc1. The van der Waals surface area contributed by atoms with Crippen LogP contribution >= 0.6 is 0 Å². The highest BCUT2D eigenvalue weighted by Crippen LogP contribution is 2.49. The van der Waals surface area contributed by atoms with Crippen molar-refractivity contribution < 1.29 is 0 Å². The maximum Gasteiger partial charge on any atom is -0.00201 e. The van der Waals surface area contributed by atoms with Gasteiger partial charge in [-0.05, 0) is 100 Å². The van der Waals surface area contributed by atoms with Crippen LogP contribution < -0.4 is 0 Å². The van der Waals surface area contributed by atoms with Crippen molar-refractivity contribution >= 4 is 44.5 Å².